The van der Waals surface area contributed by atoms with Crippen LogP contribution in [-0.2, 0) is 0 Å². The quantitative estimate of drug-likeness (QED) is 0.841. The van der Waals surface area contributed by atoms with Crippen molar-refractivity contribution in [3.8, 4) is 0 Å². The molecule has 1 aliphatic rings. The van der Waals surface area contributed by atoms with Gasteiger partial charge in [-0.1, -0.05) is 12.8 Å². The lowest BCUT2D eigenvalue weighted by molar-refractivity contribution is 0.638. The van der Waals surface area contributed by atoms with Crippen LogP contribution < -0.4 is 11.1 Å². The summed E-state index contributed by atoms with van der Waals surface area (Å²) in [6.07, 6.45) is 10.7. The van der Waals surface area contributed by atoms with Crippen LogP contribution in [0, 0.1) is 0 Å². The molecule has 0 radical (unpaired) electrons. The second-order valence-corrected chi connectivity index (χ2v) is 5.51. The van der Waals surface area contributed by atoms with E-state index in [1.165, 1.54) is 25.7 Å². The van der Waals surface area contributed by atoms with E-state index in [4.69, 9.17) is 5.73 Å². The highest BCUT2D eigenvalue weighted by Crippen LogP contribution is 2.40. The van der Waals surface area contributed by atoms with Gasteiger partial charge in [0.05, 0.1) is 0 Å². The van der Waals surface area contributed by atoms with Crippen molar-refractivity contribution >= 4 is 23.4 Å². The maximum atomic E-state index is 5.75. The Morgan fingerprint density at radius 3 is 2.69 bits per heavy atom. The maximum Gasteiger partial charge on any atom is 0.168 e. The highest BCUT2D eigenvalue weighted by molar-refractivity contribution is 8.00. The molecule has 1 aromatic heterocycles. The lowest BCUT2D eigenvalue weighted by Gasteiger charge is -2.27. The number of nitrogens with two attached hydrogens (primary N) is 1. The van der Waals surface area contributed by atoms with Crippen LogP contribution in [0.15, 0.2) is 12.4 Å². The molecule has 0 unspecified atom stereocenters. The summed E-state index contributed by atoms with van der Waals surface area (Å²) < 4.78 is 0.365. The summed E-state index contributed by atoms with van der Waals surface area (Å²) in [7, 11) is 0. The van der Waals surface area contributed by atoms with Crippen molar-refractivity contribution < 1.29 is 0 Å². The first kappa shape index (κ1) is 11.5. The van der Waals surface area contributed by atoms with Crippen molar-refractivity contribution in [3.63, 3.8) is 0 Å². The van der Waals surface area contributed by atoms with Crippen molar-refractivity contribution in [1.29, 1.82) is 0 Å². The molecular weight excluding hydrogens is 220 g/mol. The zero-order valence-corrected chi connectivity index (χ0v) is 10.4. The van der Waals surface area contributed by atoms with Gasteiger partial charge in [-0.15, -0.1) is 0 Å². The summed E-state index contributed by atoms with van der Waals surface area (Å²) in [5, 5.41) is 3.33. The largest absolute Gasteiger partial charge is 0.381 e. The van der Waals surface area contributed by atoms with Gasteiger partial charge in [-0.05, 0) is 19.1 Å². The van der Waals surface area contributed by atoms with Crippen LogP contribution >= 0.6 is 11.8 Å². The van der Waals surface area contributed by atoms with E-state index in [0.29, 0.717) is 16.4 Å². The molecule has 4 nitrogen and oxygen atoms in total. The van der Waals surface area contributed by atoms with Crippen LogP contribution in [0.25, 0.3) is 0 Å². The normalized spacial score (nSPS) is 18.6. The highest BCUT2D eigenvalue weighted by Gasteiger charge is 2.32. The Labute approximate surface area is 100 Å². The fourth-order valence-electron chi connectivity index (χ4n) is 2.20. The van der Waals surface area contributed by atoms with Crippen LogP contribution in [0.1, 0.15) is 25.7 Å². The maximum absolute atomic E-state index is 5.75. The molecule has 16 heavy (non-hydrogen) atoms. The SMILES string of the molecule is CSC1(CNc2nccnc2N)CCCC1. The highest BCUT2D eigenvalue weighted by atomic mass is 32.2. The van der Waals surface area contributed by atoms with E-state index in [1.807, 2.05) is 11.8 Å². The van der Waals surface area contributed by atoms with Gasteiger partial charge in [0.1, 0.15) is 0 Å². The monoisotopic (exact) mass is 238 g/mol. The molecule has 0 aliphatic heterocycles. The number of hydrogen-bond donors (Lipinski definition) is 2. The third-order valence-electron chi connectivity index (χ3n) is 3.25. The Morgan fingerprint density at radius 1 is 1.38 bits per heavy atom. The van der Waals surface area contributed by atoms with E-state index in [1.54, 1.807) is 12.4 Å². The molecule has 0 saturated heterocycles. The number of aromatic nitrogens is 2. The number of nitrogens with one attached hydrogen (secondary N) is 1. The fourth-order valence-corrected chi connectivity index (χ4v) is 3.12. The molecule has 88 valence electrons. The van der Waals surface area contributed by atoms with Gasteiger partial charge >= 0.3 is 0 Å². The van der Waals surface area contributed by atoms with E-state index in [2.05, 4.69) is 21.5 Å². The van der Waals surface area contributed by atoms with Crippen LogP contribution in [0.2, 0.25) is 0 Å². The Morgan fingerprint density at radius 2 is 2.06 bits per heavy atom. The standard InChI is InChI=1S/C11H18N4S/c1-16-11(4-2-3-5-11)8-15-10-9(12)13-6-7-14-10/h6-7H,2-5,8H2,1H3,(H2,12,13)(H,14,15). The van der Waals surface area contributed by atoms with Gasteiger partial charge in [0.25, 0.3) is 0 Å². The first-order chi connectivity index (χ1) is 7.76. The van der Waals surface area contributed by atoms with Gasteiger partial charge in [-0.2, -0.15) is 11.8 Å². The molecule has 2 rings (SSSR count). The molecular formula is C11H18N4S. The number of thioether (sulfide) groups is 1. The number of nitrogens with zero attached hydrogens (tertiary/aromatic N) is 2. The van der Waals surface area contributed by atoms with Crippen molar-refractivity contribution in [1.82, 2.24) is 9.97 Å². The smallest absolute Gasteiger partial charge is 0.168 e. The molecule has 0 atom stereocenters. The van der Waals surface area contributed by atoms with Gasteiger partial charge in [-0.3, -0.25) is 0 Å². The topological polar surface area (TPSA) is 63.8 Å². The van der Waals surface area contributed by atoms with E-state index < -0.39 is 0 Å². The second kappa shape index (κ2) is 4.91. The minimum Gasteiger partial charge on any atom is -0.381 e. The molecule has 0 amide bonds. The van der Waals surface area contributed by atoms with E-state index in [9.17, 15) is 0 Å². The van der Waals surface area contributed by atoms with E-state index in [-0.39, 0.29) is 0 Å². The second-order valence-electron chi connectivity index (χ2n) is 4.24. The predicted molar refractivity (Wildman–Crippen MR) is 69.6 cm³/mol. The lowest BCUT2D eigenvalue weighted by atomic mass is 10.1. The summed E-state index contributed by atoms with van der Waals surface area (Å²) in [6, 6.07) is 0. The molecule has 0 aromatic carbocycles. The average Bonchev–Trinajstić information content (AvgIpc) is 2.78. The first-order valence-corrected chi connectivity index (χ1v) is 6.84. The average molecular weight is 238 g/mol. The summed E-state index contributed by atoms with van der Waals surface area (Å²) in [6.45, 7) is 0.928. The van der Waals surface area contributed by atoms with Crippen molar-refractivity contribution in [2.45, 2.75) is 30.4 Å². The third kappa shape index (κ3) is 2.40. The molecule has 1 heterocycles. The van der Waals surface area contributed by atoms with E-state index in [0.717, 1.165) is 6.54 Å². The lowest BCUT2D eigenvalue weighted by Crippen LogP contribution is -2.30. The summed E-state index contributed by atoms with van der Waals surface area (Å²) in [5.41, 5.74) is 5.75. The molecule has 0 bridgehead atoms. The fraction of sp³-hybridized carbons (Fsp3) is 0.636. The predicted octanol–water partition coefficient (Wildman–Crippen LogP) is 2.15. The minimum atomic E-state index is 0.365. The van der Waals surface area contributed by atoms with Crippen molar-refractivity contribution in [2.75, 3.05) is 23.9 Å². The molecule has 1 aliphatic carbocycles. The minimum absolute atomic E-state index is 0.365. The van der Waals surface area contributed by atoms with Crippen LogP contribution in [-0.4, -0.2) is 27.5 Å². The molecule has 5 heteroatoms. The zero-order valence-electron chi connectivity index (χ0n) is 9.57. The molecule has 1 saturated carbocycles. The molecule has 0 spiro atoms. The van der Waals surface area contributed by atoms with Crippen molar-refractivity contribution in [2.24, 2.45) is 0 Å². The van der Waals surface area contributed by atoms with Crippen LogP contribution in [0.4, 0.5) is 11.6 Å². The van der Waals surface area contributed by atoms with Gasteiger partial charge in [-0.25, -0.2) is 9.97 Å². The van der Waals surface area contributed by atoms with Crippen LogP contribution in [0.5, 0.6) is 0 Å². The van der Waals surface area contributed by atoms with Crippen LogP contribution in [0.3, 0.4) is 0 Å². The number of rotatable bonds is 4. The molecule has 1 fully saturated rings. The number of nitrogen functional groups attached to an aromatic ring is 1. The summed E-state index contributed by atoms with van der Waals surface area (Å²) in [4.78, 5) is 8.22. The van der Waals surface area contributed by atoms with E-state index >= 15 is 0 Å². The van der Waals surface area contributed by atoms with Gasteiger partial charge in [0.15, 0.2) is 11.6 Å². The Hall–Kier alpha value is -0.970. The summed E-state index contributed by atoms with van der Waals surface area (Å²) in [5.74, 6) is 1.19. The third-order valence-corrected chi connectivity index (χ3v) is 4.67. The summed E-state index contributed by atoms with van der Waals surface area (Å²) >= 11 is 1.95. The Bertz CT molecular complexity index is 350. The molecule has 1 aromatic rings. The van der Waals surface area contributed by atoms with Crippen molar-refractivity contribution in [3.05, 3.63) is 12.4 Å². The van der Waals surface area contributed by atoms with Gasteiger partial charge in [0, 0.05) is 23.7 Å². The number of anilines is 2. The Kier molecular flexibility index (Phi) is 3.53. The van der Waals surface area contributed by atoms with Gasteiger partial charge < -0.3 is 11.1 Å². The number of hydrogen-bond acceptors (Lipinski definition) is 5. The van der Waals surface area contributed by atoms with Gasteiger partial charge in [0.2, 0.25) is 0 Å². The Balaban J connectivity index is 1.98. The zero-order chi connectivity index (χ0) is 11.4. The molecule has 3 N–H and O–H groups in total. The first-order valence-electron chi connectivity index (χ1n) is 5.61.